The van der Waals surface area contributed by atoms with Crippen LogP contribution in [0.25, 0.3) is 0 Å². The molecule has 0 fully saturated rings. The molecule has 1 amide bonds. The molecule has 3 aromatic rings. The van der Waals surface area contributed by atoms with Crippen molar-refractivity contribution < 1.29 is 18.0 Å². The number of aryl methyl sites for hydroxylation is 1. The van der Waals surface area contributed by atoms with Crippen LogP contribution >= 0.6 is 0 Å². The second-order valence-electron chi connectivity index (χ2n) is 8.33. The van der Waals surface area contributed by atoms with Crippen LogP contribution in [0.15, 0.2) is 54.6 Å². The highest BCUT2D eigenvalue weighted by Crippen LogP contribution is 2.32. The van der Waals surface area contributed by atoms with E-state index in [9.17, 15) is 18.0 Å². The fraction of sp³-hybridized carbons (Fsp3) is 0.333. The molecule has 0 saturated carbocycles. The Labute approximate surface area is 180 Å². The number of amides is 1. The molecule has 0 aliphatic rings. The average Bonchev–Trinajstić information content (AvgIpc) is 2.99. The number of aromatic nitrogens is 2. The van der Waals surface area contributed by atoms with E-state index in [1.807, 2.05) is 37.3 Å². The summed E-state index contributed by atoms with van der Waals surface area (Å²) in [4.78, 5) is 12.9. The maximum absolute atomic E-state index is 13.1. The lowest BCUT2D eigenvalue weighted by molar-refractivity contribution is -0.137. The number of carbonyl (C=O) groups is 1. The largest absolute Gasteiger partial charge is 0.416 e. The van der Waals surface area contributed by atoms with Crippen molar-refractivity contribution >= 4 is 5.91 Å². The number of alkyl halides is 3. The van der Waals surface area contributed by atoms with Crippen molar-refractivity contribution in [1.82, 2.24) is 15.1 Å². The van der Waals surface area contributed by atoms with Crippen LogP contribution in [0.3, 0.4) is 0 Å². The number of nitrogens with zero attached hydrogens (tertiary/aromatic N) is 2. The summed E-state index contributed by atoms with van der Waals surface area (Å²) in [5.74, 6) is -0.283. The first-order valence-corrected chi connectivity index (χ1v) is 10.0. The molecule has 7 heteroatoms. The molecule has 0 aliphatic heterocycles. The van der Waals surface area contributed by atoms with E-state index in [1.165, 1.54) is 6.07 Å². The predicted octanol–water partition coefficient (Wildman–Crippen LogP) is 5.27. The molecule has 1 aromatic heterocycles. The van der Waals surface area contributed by atoms with Crippen LogP contribution < -0.4 is 5.32 Å². The average molecular weight is 429 g/mol. The highest BCUT2D eigenvalue weighted by molar-refractivity contribution is 5.96. The molecule has 0 spiro atoms. The summed E-state index contributed by atoms with van der Waals surface area (Å²) in [6.45, 7) is 7.98. The molecule has 0 aliphatic carbocycles. The van der Waals surface area contributed by atoms with Gasteiger partial charge in [-0.25, -0.2) is 0 Å². The van der Waals surface area contributed by atoms with Crippen LogP contribution in [0.1, 0.15) is 52.3 Å². The number of hydrogen-bond acceptors (Lipinski definition) is 2. The molecule has 1 heterocycles. The van der Waals surface area contributed by atoms with Crippen molar-refractivity contribution in [3.63, 3.8) is 0 Å². The molecule has 0 unspecified atom stereocenters. The molecular weight excluding hydrogens is 403 g/mol. The van der Waals surface area contributed by atoms with Crippen LogP contribution in [-0.2, 0) is 18.1 Å². The Balaban J connectivity index is 1.75. The lowest BCUT2D eigenvalue weighted by Gasteiger charge is -2.26. The molecule has 2 aromatic carbocycles. The predicted molar refractivity (Wildman–Crippen MR) is 114 cm³/mol. The van der Waals surface area contributed by atoms with Gasteiger partial charge in [0, 0.05) is 17.7 Å². The fourth-order valence-corrected chi connectivity index (χ4v) is 3.54. The molecule has 3 rings (SSSR count). The van der Waals surface area contributed by atoms with E-state index < -0.39 is 17.2 Å². The number of hydrogen-bond donors (Lipinski definition) is 1. The molecule has 0 radical (unpaired) electrons. The van der Waals surface area contributed by atoms with Gasteiger partial charge in [-0.1, -0.05) is 62.4 Å². The van der Waals surface area contributed by atoms with E-state index in [4.69, 9.17) is 0 Å². The van der Waals surface area contributed by atoms with Crippen molar-refractivity contribution in [3.05, 3.63) is 88.2 Å². The van der Waals surface area contributed by atoms with Gasteiger partial charge in [-0.15, -0.1) is 0 Å². The van der Waals surface area contributed by atoms with Crippen molar-refractivity contribution in [3.8, 4) is 0 Å². The third-order valence-corrected chi connectivity index (χ3v) is 5.45. The van der Waals surface area contributed by atoms with Crippen LogP contribution in [-0.4, -0.2) is 22.2 Å². The molecule has 0 atom stereocenters. The topological polar surface area (TPSA) is 46.9 Å². The van der Waals surface area contributed by atoms with E-state index in [-0.39, 0.29) is 12.5 Å². The van der Waals surface area contributed by atoms with E-state index in [0.29, 0.717) is 23.4 Å². The smallest absolute Gasteiger partial charge is 0.351 e. The zero-order valence-corrected chi connectivity index (χ0v) is 18.0. The van der Waals surface area contributed by atoms with Crippen LogP contribution in [0.5, 0.6) is 0 Å². The van der Waals surface area contributed by atoms with Crippen LogP contribution in [0.2, 0.25) is 0 Å². The van der Waals surface area contributed by atoms with Gasteiger partial charge in [-0.3, -0.25) is 9.48 Å². The van der Waals surface area contributed by atoms with Crippen molar-refractivity contribution in [2.24, 2.45) is 0 Å². The lowest BCUT2D eigenvalue weighted by atomic mass is 9.83. The van der Waals surface area contributed by atoms with Crippen molar-refractivity contribution in [1.29, 1.82) is 0 Å². The van der Waals surface area contributed by atoms with Gasteiger partial charge in [0.15, 0.2) is 0 Å². The molecule has 164 valence electrons. The first-order chi connectivity index (χ1) is 14.5. The standard InChI is InChI=1S/C24H26F3N3O/c1-16-21(17(2)30(29-16)14-18-9-6-5-7-10-18)22(31)28-15-23(3,4)19-11-8-12-20(13-19)24(25,26)27/h5-13H,14-15H2,1-4H3,(H,28,31). The Kier molecular flexibility index (Phi) is 6.25. The van der Waals surface area contributed by atoms with Crippen LogP contribution in [0.4, 0.5) is 13.2 Å². The third kappa shape index (κ3) is 5.16. The summed E-state index contributed by atoms with van der Waals surface area (Å²) in [7, 11) is 0. The Morgan fingerprint density at radius 2 is 1.65 bits per heavy atom. The first-order valence-electron chi connectivity index (χ1n) is 10.0. The highest BCUT2D eigenvalue weighted by atomic mass is 19.4. The summed E-state index contributed by atoms with van der Waals surface area (Å²) < 4.78 is 41.0. The SMILES string of the molecule is Cc1nn(Cc2ccccc2)c(C)c1C(=O)NCC(C)(C)c1cccc(C(F)(F)F)c1. The van der Waals surface area contributed by atoms with E-state index >= 15 is 0 Å². The summed E-state index contributed by atoms with van der Waals surface area (Å²) >= 11 is 0. The zero-order valence-electron chi connectivity index (χ0n) is 18.0. The summed E-state index contributed by atoms with van der Waals surface area (Å²) in [5, 5.41) is 7.38. The Morgan fingerprint density at radius 3 is 2.29 bits per heavy atom. The first kappa shape index (κ1) is 22.6. The zero-order chi connectivity index (χ0) is 22.8. The van der Waals surface area contributed by atoms with E-state index in [0.717, 1.165) is 23.4 Å². The maximum Gasteiger partial charge on any atom is 0.416 e. The molecule has 1 N–H and O–H groups in total. The van der Waals surface area contributed by atoms with E-state index in [1.54, 1.807) is 31.5 Å². The van der Waals surface area contributed by atoms with Gasteiger partial charge in [0.25, 0.3) is 5.91 Å². The van der Waals surface area contributed by atoms with Gasteiger partial charge in [-0.2, -0.15) is 18.3 Å². The Bertz CT molecular complexity index is 1070. The second-order valence-corrected chi connectivity index (χ2v) is 8.33. The third-order valence-electron chi connectivity index (χ3n) is 5.45. The fourth-order valence-electron chi connectivity index (χ4n) is 3.54. The lowest BCUT2D eigenvalue weighted by Crippen LogP contribution is -2.37. The van der Waals surface area contributed by atoms with Gasteiger partial charge in [0.2, 0.25) is 0 Å². The minimum atomic E-state index is -4.41. The highest BCUT2D eigenvalue weighted by Gasteiger charge is 2.32. The maximum atomic E-state index is 13.1. The molecule has 4 nitrogen and oxygen atoms in total. The van der Waals surface area contributed by atoms with Gasteiger partial charge in [0.1, 0.15) is 0 Å². The monoisotopic (exact) mass is 429 g/mol. The molecule has 31 heavy (non-hydrogen) atoms. The Morgan fingerprint density at radius 1 is 1.00 bits per heavy atom. The second kappa shape index (κ2) is 8.57. The number of carbonyl (C=O) groups excluding carboxylic acids is 1. The minimum Gasteiger partial charge on any atom is -0.351 e. The van der Waals surface area contributed by atoms with E-state index in [2.05, 4.69) is 10.4 Å². The minimum absolute atomic E-state index is 0.190. The normalized spacial score (nSPS) is 12.1. The van der Waals surface area contributed by atoms with Crippen molar-refractivity contribution in [2.75, 3.05) is 6.54 Å². The number of benzene rings is 2. The molecule has 0 saturated heterocycles. The number of rotatable bonds is 6. The van der Waals surface area contributed by atoms with Gasteiger partial charge >= 0.3 is 6.18 Å². The molecular formula is C24H26F3N3O. The summed E-state index contributed by atoms with van der Waals surface area (Å²) in [5.41, 5.74) is 2.06. The number of halogens is 3. The van der Waals surface area contributed by atoms with Gasteiger partial charge in [-0.05, 0) is 31.0 Å². The van der Waals surface area contributed by atoms with Gasteiger partial charge < -0.3 is 5.32 Å². The van der Waals surface area contributed by atoms with Crippen LogP contribution in [0, 0.1) is 13.8 Å². The number of nitrogens with one attached hydrogen (secondary N) is 1. The summed E-state index contributed by atoms with van der Waals surface area (Å²) in [6.07, 6.45) is -4.41. The quantitative estimate of drug-likeness (QED) is 0.580. The summed E-state index contributed by atoms with van der Waals surface area (Å²) in [6, 6.07) is 15.1. The molecule has 0 bridgehead atoms. The van der Waals surface area contributed by atoms with Gasteiger partial charge in [0.05, 0.1) is 23.4 Å². The van der Waals surface area contributed by atoms with Crippen molar-refractivity contribution in [2.45, 2.75) is 45.8 Å². The Hall–Kier alpha value is -3.09.